The first kappa shape index (κ1) is 27.1. The summed E-state index contributed by atoms with van der Waals surface area (Å²) in [6, 6.07) is 15.9. The van der Waals surface area contributed by atoms with Crippen molar-refractivity contribution in [2.75, 3.05) is 7.05 Å². The summed E-state index contributed by atoms with van der Waals surface area (Å²) in [7, 11) is 1.50. The van der Waals surface area contributed by atoms with Crippen molar-refractivity contribution >= 4 is 17.7 Å². The summed E-state index contributed by atoms with van der Waals surface area (Å²) in [5, 5.41) is 7.00. The molecule has 1 heterocycles. The molecule has 2 aromatic carbocycles. The van der Waals surface area contributed by atoms with E-state index < -0.39 is 0 Å². The van der Waals surface area contributed by atoms with E-state index in [1.54, 1.807) is 48.8 Å². The zero-order valence-electron chi connectivity index (χ0n) is 19.4. The first-order valence-corrected chi connectivity index (χ1v) is 10.7. The van der Waals surface area contributed by atoms with Gasteiger partial charge in [-0.15, -0.1) is 0 Å². The molecule has 5 nitrogen and oxygen atoms in total. The van der Waals surface area contributed by atoms with E-state index in [-0.39, 0.29) is 5.82 Å². The van der Waals surface area contributed by atoms with Crippen LogP contribution in [0.5, 0.6) is 0 Å². The molecule has 33 heavy (non-hydrogen) atoms. The largest absolute Gasteiger partial charge is 0.383 e. The fraction of sp³-hybridized carbons (Fsp3) is 0.148. The Labute approximate surface area is 195 Å². The van der Waals surface area contributed by atoms with Crippen LogP contribution in [0.15, 0.2) is 96.3 Å². The minimum Gasteiger partial charge on any atom is -0.383 e. The van der Waals surface area contributed by atoms with Crippen LogP contribution in [0.2, 0.25) is 0 Å². The average Bonchev–Trinajstić information content (AvgIpc) is 2.88. The third-order valence-corrected chi connectivity index (χ3v) is 4.26. The van der Waals surface area contributed by atoms with Crippen LogP contribution in [0, 0.1) is 11.2 Å². The Bertz CT molecular complexity index is 1070. The fourth-order valence-corrected chi connectivity index (χ4v) is 2.81. The van der Waals surface area contributed by atoms with Gasteiger partial charge < -0.3 is 16.9 Å². The molecular weight excluding hydrogens is 413 g/mol. The van der Waals surface area contributed by atoms with Crippen molar-refractivity contribution in [3.8, 4) is 11.1 Å². The molecule has 1 aromatic heterocycles. The topological polar surface area (TPSA) is 101 Å². The summed E-state index contributed by atoms with van der Waals surface area (Å²) in [5.74, 6) is 0.0600. The van der Waals surface area contributed by atoms with E-state index in [1.807, 2.05) is 50.3 Å². The lowest BCUT2D eigenvalue weighted by molar-refractivity contribution is 0.631. The van der Waals surface area contributed by atoms with Gasteiger partial charge in [0.25, 0.3) is 0 Å². The third kappa shape index (κ3) is 8.63. The van der Waals surface area contributed by atoms with Crippen LogP contribution in [0.3, 0.4) is 0 Å². The molecule has 0 atom stereocenters. The summed E-state index contributed by atoms with van der Waals surface area (Å²) in [6.07, 6.45) is 12.4. The van der Waals surface area contributed by atoms with E-state index in [9.17, 15) is 4.39 Å². The molecule has 3 rings (SSSR count). The average molecular weight is 446 g/mol. The standard InChI is InChI=1S/C24H21FN4.C2H6.CH5N/c25-22-11-5-4-10-21(22)19-13-12-18(8-3-1-2-6-14-26)23(16-19)29-24(27)20-9-7-15-28-17-20;2*1-2/h1-7,9-17,26H,8H2,(H2,27,29);1-2H3;2H2,1H3/b3-1+,6-2-,26-14?;;. The molecule has 0 bridgehead atoms. The van der Waals surface area contributed by atoms with Crippen LogP contribution in [0.25, 0.3) is 11.1 Å². The Morgan fingerprint density at radius 2 is 1.79 bits per heavy atom. The highest BCUT2D eigenvalue weighted by molar-refractivity contribution is 5.99. The number of nitrogens with two attached hydrogens (primary N) is 2. The number of aliphatic imine (C=N–C) groups is 1. The van der Waals surface area contributed by atoms with Crippen molar-refractivity contribution in [3.05, 3.63) is 108 Å². The number of pyridine rings is 1. The first-order valence-electron chi connectivity index (χ1n) is 10.7. The van der Waals surface area contributed by atoms with Gasteiger partial charge in [0.1, 0.15) is 11.7 Å². The van der Waals surface area contributed by atoms with Crippen LogP contribution in [0.1, 0.15) is 25.0 Å². The third-order valence-electron chi connectivity index (χ3n) is 4.26. The fourth-order valence-electron chi connectivity index (χ4n) is 2.81. The molecule has 0 aliphatic heterocycles. The van der Waals surface area contributed by atoms with Gasteiger partial charge in [-0.1, -0.05) is 62.4 Å². The van der Waals surface area contributed by atoms with Crippen molar-refractivity contribution in [1.82, 2.24) is 4.98 Å². The van der Waals surface area contributed by atoms with Crippen molar-refractivity contribution in [3.63, 3.8) is 0 Å². The van der Waals surface area contributed by atoms with Crippen molar-refractivity contribution in [2.45, 2.75) is 20.3 Å². The summed E-state index contributed by atoms with van der Waals surface area (Å²) >= 11 is 0. The zero-order chi connectivity index (χ0) is 24.5. The maximum absolute atomic E-state index is 14.3. The van der Waals surface area contributed by atoms with Gasteiger partial charge in [-0.25, -0.2) is 9.38 Å². The molecule has 0 radical (unpaired) electrons. The molecule has 0 spiro atoms. The number of rotatable bonds is 7. The second kappa shape index (κ2) is 15.8. The second-order valence-corrected chi connectivity index (χ2v) is 6.25. The Kier molecular flexibility index (Phi) is 13.0. The van der Waals surface area contributed by atoms with E-state index in [0.29, 0.717) is 23.5 Å². The summed E-state index contributed by atoms with van der Waals surface area (Å²) in [5.41, 5.74) is 14.3. The minimum atomic E-state index is -0.285. The van der Waals surface area contributed by atoms with Crippen LogP contribution in [-0.2, 0) is 6.42 Å². The normalized spacial score (nSPS) is 10.9. The Morgan fingerprint density at radius 1 is 1.03 bits per heavy atom. The quantitative estimate of drug-likeness (QED) is 0.242. The number of amidine groups is 1. The van der Waals surface area contributed by atoms with Gasteiger partial charge in [-0.3, -0.25) is 4.98 Å². The highest BCUT2D eigenvalue weighted by Crippen LogP contribution is 2.30. The maximum Gasteiger partial charge on any atom is 0.132 e. The Balaban J connectivity index is 0.00000129. The van der Waals surface area contributed by atoms with Crippen molar-refractivity contribution in [2.24, 2.45) is 16.5 Å². The SMILES string of the molecule is CC.CN.N=C/C=C\C=C\Cc1ccc(-c2ccccc2F)cc1N=C(N)c1cccnc1. The van der Waals surface area contributed by atoms with Gasteiger partial charge in [0, 0.05) is 29.7 Å². The molecule has 3 aromatic rings. The van der Waals surface area contributed by atoms with E-state index in [4.69, 9.17) is 11.1 Å². The van der Waals surface area contributed by atoms with Crippen LogP contribution >= 0.6 is 0 Å². The number of nitrogens with one attached hydrogen (secondary N) is 1. The zero-order valence-corrected chi connectivity index (χ0v) is 19.4. The molecule has 0 fully saturated rings. The number of benzene rings is 2. The number of nitrogens with zero attached hydrogens (tertiary/aromatic N) is 2. The summed E-state index contributed by atoms with van der Waals surface area (Å²) < 4.78 is 14.3. The number of hydrogen-bond acceptors (Lipinski definition) is 4. The second-order valence-electron chi connectivity index (χ2n) is 6.25. The maximum atomic E-state index is 14.3. The van der Waals surface area contributed by atoms with Crippen LogP contribution in [0.4, 0.5) is 10.1 Å². The highest BCUT2D eigenvalue weighted by Gasteiger charge is 2.09. The Hall–Kier alpha value is -3.90. The number of hydrogen-bond donors (Lipinski definition) is 3. The summed E-state index contributed by atoms with van der Waals surface area (Å²) in [4.78, 5) is 8.68. The molecule has 5 N–H and O–H groups in total. The van der Waals surface area contributed by atoms with Gasteiger partial charge >= 0.3 is 0 Å². The van der Waals surface area contributed by atoms with Crippen molar-refractivity contribution in [1.29, 1.82) is 5.41 Å². The van der Waals surface area contributed by atoms with Gasteiger partial charge in [-0.2, -0.15) is 0 Å². The lowest BCUT2D eigenvalue weighted by Crippen LogP contribution is -2.13. The van der Waals surface area contributed by atoms with E-state index in [0.717, 1.165) is 16.7 Å². The van der Waals surface area contributed by atoms with Crippen LogP contribution < -0.4 is 11.5 Å². The molecular formula is C27H32FN5. The number of allylic oxidation sites excluding steroid dienone is 4. The smallest absolute Gasteiger partial charge is 0.132 e. The van der Waals surface area contributed by atoms with Gasteiger partial charge in [0.15, 0.2) is 0 Å². The molecule has 0 saturated heterocycles. The molecule has 0 aliphatic carbocycles. The Morgan fingerprint density at radius 3 is 2.45 bits per heavy atom. The molecule has 0 saturated carbocycles. The monoisotopic (exact) mass is 445 g/mol. The molecule has 0 aliphatic rings. The van der Waals surface area contributed by atoms with Gasteiger partial charge in [0.2, 0.25) is 0 Å². The van der Waals surface area contributed by atoms with Crippen LogP contribution in [-0.4, -0.2) is 24.1 Å². The van der Waals surface area contributed by atoms with E-state index >= 15 is 0 Å². The lowest BCUT2D eigenvalue weighted by atomic mass is 10.0. The highest BCUT2D eigenvalue weighted by atomic mass is 19.1. The predicted molar refractivity (Wildman–Crippen MR) is 139 cm³/mol. The van der Waals surface area contributed by atoms with Crippen molar-refractivity contribution < 1.29 is 4.39 Å². The van der Waals surface area contributed by atoms with Gasteiger partial charge in [0.05, 0.1) is 5.69 Å². The molecule has 0 amide bonds. The van der Waals surface area contributed by atoms with E-state index in [1.165, 1.54) is 19.3 Å². The summed E-state index contributed by atoms with van der Waals surface area (Å²) in [6.45, 7) is 4.00. The molecule has 0 unspecified atom stereocenters. The number of aromatic nitrogens is 1. The molecule has 172 valence electrons. The number of halogens is 1. The lowest BCUT2D eigenvalue weighted by Gasteiger charge is -2.10. The molecule has 6 heteroatoms. The predicted octanol–water partition coefficient (Wildman–Crippen LogP) is 5.83. The van der Waals surface area contributed by atoms with Gasteiger partial charge in [-0.05, 0) is 54.9 Å². The first-order chi connectivity index (χ1) is 16.2. The van der Waals surface area contributed by atoms with E-state index in [2.05, 4.69) is 15.7 Å². The minimum absolute atomic E-state index is 0.285.